The second-order valence-electron chi connectivity index (χ2n) is 1.18. The molecule has 0 aliphatic heterocycles. The van der Waals surface area contributed by atoms with Crippen LogP contribution in [0.1, 0.15) is 0 Å². The Morgan fingerprint density at radius 3 is 1.43 bits per heavy atom. The zero-order valence-corrected chi connectivity index (χ0v) is 5.80. The summed E-state index contributed by atoms with van der Waals surface area (Å²) in [7, 11) is 0. The van der Waals surface area contributed by atoms with Gasteiger partial charge in [0.25, 0.3) is 0 Å². The van der Waals surface area contributed by atoms with Gasteiger partial charge in [0.15, 0.2) is 0 Å². The van der Waals surface area contributed by atoms with Crippen LogP contribution in [0.5, 0.6) is 0 Å². The van der Waals surface area contributed by atoms with Gasteiger partial charge in [0.1, 0.15) is 0 Å². The van der Waals surface area contributed by atoms with Gasteiger partial charge >= 0.3 is 47.6 Å². The van der Waals surface area contributed by atoms with Crippen LogP contribution in [0.4, 0.5) is 0 Å². The van der Waals surface area contributed by atoms with Gasteiger partial charge in [-0.15, -0.1) is 0 Å². The van der Waals surface area contributed by atoms with E-state index < -0.39 is 12.3 Å². The van der Waals surface area contributed by atoms with Crippen molar-refractivity contribution in [2.45, 2.75) is 0 Å². The topological polar surface area (TPSA) is 80.9 Å². The Bertz CT molecular complexity index is 64.2. The zero-order chi connectivity index (χ0) is 6.15. The molecule has 0 aliphatic rings. The summed E-state index contributed by atoms with van der Waals surface area (Å²) in [6.45, 7) is 0. The first-order valence-electron chi connectivity index (χ1n) is 1.40. The molecule has 7 heavy (non-hydrogen) atoms. The molecule has 0 saturated carbocycles. The van der Waals surface area contributed by atoms with Crippen molar-refractivity contribution in [2.24, 2.45) is 0 Å². The van der Waals surface area contributed by atoms with Gasteiger partial charge in [0.2, 0.25) is 0 Å². The maximum atomic E-state index is 8.20. The van der Waals surface area contributed by atoms with E-state index in [4.69, 9.17) is 19.8 Å². The van der Waals surface area contributed by atoms with Gasteiger partial charge in [-0.25, -0.2) is 0 Å². The fourth-order valence-electron chi connectivity index (χ4n) is 0. The van der Waals surface area contributed by atoms with Gasteiger partial charge < -0.3 is 0 Å². The van der Waals surface area contributed by atoms with Crippen LogP contribution >= 0.6 is 21.5 Å². The standard InChI is InChI=1S/CH6BrO4P/c2-7(4,5,6)1-3/h3-6H,1H2. The van der Waals surface area contributed by atoms with E-state index >= 15 is 0 Å². The molecule has 0 heterocycles. The molecule has 0 atom stereocenters. The summed E-state index contributed by atoms with van der Waals surface area (Å²) in [5.74, 6) is -4.71. The van der Waals surface area contributed by atoms with Crippen LogP contribution in [0.3, 0.4) is 0 Å². The van der Waals surface area contributed by atoms with Crippen LogP contribution in [0.2, 0.25) is 0 Å². The van der Waals surface area contributed by atoms with Gasteiger partial charge in [0, 0.05) is 0 Å². The van der Waals surface area contributed by atoms with Crippen LogP contribution in [-0.2, 0) is 0 Å². The minimum absolute atomic E-state index is 1.05. The first-order valence-corrected chi connectivity index (χ1v) is 5.70. The molecule has 0 amide bonds. The Balaban J connectivity index is 3.83. The van der Waals surface area contributed by atoms with Crippen molar-refractivity contribution in [3.63, 3.8) is 0 Å². The van der Waals surface area contributed by atoms with Crippen molar-refractivity contribution in [3.05, 3.63) is 0 Å². The van der Waals surface area contributed by atoms with Crippen LogP contribution in [-0.4, -0.2) is 26.1 Å². The summed E-state index contributed by atoms with van der Waals surface area (Å²) < 4.78 is 0. The zero-order valence-electron chi connectivity index (χ0n) is 3.32. The monoisotopic (exact) mass is 192 g/mol. The number of aliphatic hydroxyl groups is 1. The first kappa shape index (κ1) is 7.75. The molecule has 0 rings (SSSR count). The van der Waals surface area contributed by atoms with Gasteiger partial charge in [-0.3, -0.25) is 0 Å². The molecule has 0 radical (unpaired) electrons. The van der Waals surface area contributed by atoms with Gasteiger partial charge in [-0.1, -0.05) is 0 Å². The van der Waals surface area contributed by atoms with E-state index in [0.29, 0.717) is 0 Å². The average molecular weight is 193 g/mol. The first-order chi connectivity index (χ1) is 2.81. The quantitative estimate of drug-likeness (QED) is 0.424. The second kappa shape index (κ2) is 1.62. The number of hydrogen-bond acceptors (Lipinski definition) is 4. The molecule has 0 saturated heterocycles. The Morgan fingerprint density at radius 2 is 1.43 bits per heavy atom. The third kappa shape index (κ3) is 6.75. The molecule has 0 aromatic heterocycles. The summed E-state index contributed by atoms with van der Waals surface area (Å²) in [5.41, 5.74) is 0. The molecular formula is CH6BrO4P. The van der Waals surface area contributed by atoms with E-state index in [0.717, 1.165) is 0 Å². The fraction of sp³-hybridized carbons (Fsp3) is 1.00. The van der Waals surface area contributed by atoms with Crippen molar-refractivity contribution in [1.29, 1.82) is 0 Å². The van der Waals surface area contributed by atoms with Gasteiger partial charge in [-0.2, -0.15) is 0 Å². The molecule has 0 bridgehead atoms. The SMILES string of the molecule is OCP(O)(O)(O)Br. The van der Waals surface area contributed by atoms with Crippen LogP contribution in [0.25, 0.3) is 0 Å². The van der Waals surface area contributed by atoms with E-state index in [2.05, 4.69) is 15.5 Å². The van der Waals surface area contributed by atoms with E-state index in [9.17, 15) is 0 Å². The van der Waals surface area contributed by atoms with Crippen molar-refractivity contribution in [2.75, 3.05) is 6.35 Å². The number of hydrogen-bond donors (Lipinski definition) is 4. The Labute approximate surface area is 48.3 Å². The summed E-state index contributed by atoms with van der Waals surface area (Å²) >= 11 is 2.13. The number of halogens is 1. The number of rotatable bonds is 1. The molecular weight excluding hydrogens is 187 g/mol. The molecule has 0 aromatic rings. The fourth-order valence-corrected chi connectivity index (χ4v) is 0. The van der Waals surface area contributed by atoms with Crippen LogP contribution in [0.15, 0.2) is 0 Å². The molecule has 0 aromatic carbocycles. The molecule has 4 nitrogen and oxygen atoms in total. The Morgan fingerprint density at radius 1 is 1.29 bits per heavy atom. The molecule has 6 heteroatoms. The third-order valence-corrected chi connectivity index (χ3v) is 1.40. The van der Waals surface area contributed by atoms with E-state index in [1.165, 1.54) is 0 Å². The van der Waals surface area contributed by atoms with Crippen LogP contribution < -0.4 is 0 Å². The normalized spacial score (nSPS) is 18.1. The minimum atomic E-state index is -4.71. The predicted octanol–water partition coefficient (Wildman–Crippen LogP) is -0.479. The molecule has 0 spiro atoms. The van der Waals surface area contributed by atoms with E-state index in [1.807, 2.05) is 0 Å². The van der Waals surface area contributed by atoms with Gasteiger partial charge in [-0.05, 0) is 0 Å². The molecule has 4 N–H and O–H groups in total. The van der Waals surface area contributed by atoms with E-state index in [-0.39, 0.29) is 0 Å². The van der Waals surface area contributed by atoms with E-state index in [1.54, 1.807) is 0 Å². The molecule has 46 valence electrons. The summed E-state index contributed by atoms with van der Waals surface area (Å²) in [6.07, 6.45) is -1.05. The average Bonchev–Trinajstić information content (AvgIpc) is 1.32. The summed E-state index contributed by atoms with van der Waals surface area (Å²) in [6, 6.07) is 0. The number of aliphatic hydroxyl groups excluding tert-OH is 1. The molecule has 0 unspecified atom stereocenters. The maximum absolute atomic E-state index is 8.20. The molecule has 0 fully saturated rings. The second-order valence-corrected chi connectivity index (χ2v) is 7.90. The Kier molecular flexibility index (Phi) is 1.79. The molecule has 0 aliphatic carbocycles. The van der Waals surface area contributed by atoms with Crippen molar-refractivity contribution < 1.29 is 19.8 Å². The summed E-state index contributed by atoms with van der Waals surface area (Å²) in [4.78, 5) is 24.6. The van der Waals surface area contributed by atoms with Crippen molar-refractivity contribution in [3.8, 4) is 0 Å². The third-order valence-electron chi connectivity index (χ3n) is 0.243. The van der Waals surface area contributed by atoms with Gasteiger partial charge in [0.05, 0.1) is 0 Å². The van der Waals surface area contributed by atoms with Crippen molar-refractivity contribution in [1.82, 2.24) is 0 Å². The Hall–Kier alpha value is 0.750. The van der Waals surface area contributed by atoms with Crippen molar-refractivity contribution >= 4 is 21.5 Å². The summed E-state index contributed by atoms with van der Waals surface area (Å²) in [5, 5.41) is 7.92. The van der Waals surface area contributed by atoms with Crippen LogP contribution in [0, 0.1) is 0 Å². The predicted molar refractivity (Wildman–Crippen MR) is 29.6 cm³/mol.